The highest BCUT2D eigenvalue weighted by Gasteiger charge is 2.21. The first-order valence-electron chi connectivity index (χ1n) is 8.02. The average Bonchev–Trinajstić information content (AvgIpc) is 2.57. The predicted octanol–water partition coefficient (Wildman–Crippen LogP) is 5.42. The standard InChI is InChI=1S/C19H19Cl2NOS/c20-15-9-8-14(17(21)10-15)11-24-12-19(23)22-18-7-3-5-13-4-1-2-6-16(13)18/h1-2,4,6,8-10,18H,3,5,7,11-12H2,(H,22,23)/t18-/m1/s1. The van der Waals surface area contributed by atoms with Crippen LogP contribution < -0.4 is 5.32 Å². The van der Waals surface area contributed by atoms with Crippen molar-refractivity contribution in [3.8, 4) is 0 Å². The molecule has 24 heavy (non-hydrogen) atoms. The predicted molar refractivity (Wildman–Crippen MR) is 103 cm³/mol. The Morgan fingerprint density at radius 1 is 1.21 bits per heavy atom. The van der Waals surface area contributed by atoms with Gasteiger partial charge in [-0.3, -0.25) is 4.79 Å². The summed E-state index contributed by atoms with van der Waals surface area (Å²) in [7, 11) is 0. The fourth-order valence-corrected chi connectivity index (χ4v) is 4.43. The lowest BCUT2D eigenvalue weighted by molar-refractivity contribution is -0.119. The molecular formula is C19H19Cl2NOS. The summed E-state index contributed by atoms with van der Waals surface area (Å²) in [5.41, 5.74) is 3.62. The van der Waals surface area contributed by atoms with Crippen LogP contribution in [0.2, 0.25) is 10.0 Å². The Morgan fingerprint density at radius 2 is 2.04 bits per heavy atom. The van der Waals surface area contributed by atoms with Crippen LogP contribution in [-0.2, 0) is 17.0 Å². The third-order valence-corrected chi connectivity index (χ3v) is 5.78. The van der Waals surface area contributed by atoms with Crippen LogP contribution in [-0.4, -0.2) is 11.7 Å². The van der Waals surface area contributed by atoms with E-state index in [1.165, 1.54) is 11.1 Å². The fraction of sp³-hybridized carbons (Fsp3) is 0.316. The van der Waals surface area contributed by atoms with Crippen molar-refractivity contribution in [2.45, 2.75) is 31.1 Å². The SMILES string of the molecule is O=C(CSCc1ccc(Cl)cc1Cl)N[C@@H]1CCCc2ccccc21. The molecule has 126 valence electrons. The molecule has 1 atom stereocenters. The van der Waals surface area contributed by atoms with E-state index in [9.17, 15) is 4.79 Å². The number of rotatable bonds is 5. The summed E-state index contributed by atoms with van der Waals surface area (Å²) in [6, 6.07) is 14.0. The van der Waals surface area contributed by atoms with Crippen LogP contribution in [0.3, 0.4) is 0 Å². The normalized spacial score (nSPS) is 16.5. The molecular weight excluding hydrogens is 361 g/mol. The lowest BCUT2D eigenvalue weighted by atomic mass is 9.88. The number of thioether (sulfide) groups is 1. The van der Waals surface area contributed by atoms with E-state index in [0.717, 1.165) is 24.8 Å². The lowest BCUT2D eigenvalue weighted by Crippen LogP contribution is -2.32. The molecule has 0 heterocycles. The largest absolute Gasteiger partial charge is 0.349 e. The minimum atomic E-state index is 0.0757. The Hall–Kier alpha value is -1.16. The van der Waals surface area contributed by atoms with E-state index in [1.807, 2.05) is 18.2 Å². The molecule has 0 saturated carbocycles. The maximum absolute atomic E-state index is 12.3. The summed E-state index contributed by atoms with van der Waals surface area (Å²) in [5.74, 6) is 1.20. The number of benzene rings is 2. The summed E-state index contributed by atoms with van der Waals surface area (Å²) in [6.07, 6.45) is 3.23. The van der Waals surface area contributed by atoms with Gasteiger partial charge in [0, 0.05) is 15.8 Å². The molecule has 1 aliphatic rings. The zero-order valence-corrected chi connectivity index (χ0v) is 15.6. The van der Waals surface area contributed by atoms with Gasteiger partial charge in [-0.25, -0.2) is 0 Å². The van der Waals surface area contributed by atoms with E-state index < -0.39 is 0 Å². The first-order valence-corrected chi connectivity index (χ1v) is 9.93. The van der Waals surface area contributed by atoms with Gasteiger partial charge in [-0.1, -0.05) is 53.5 Å². The molecule has 1 aliphatic carbocycles. The van der Waals surface area contributed by atoms with Crippen LogP contribution in [0.1, 0.15) is 35.6 Å². The number of hydrogen-bond acceptors (Lipinski definition) is 2. The fourth-order valence-electron chi connectivity index (χ4n) is 3.03. The molecule has 1 N–H and O–H groups in total. The van der Waals surface area contributed by atoms with Crippen molar-refractivity contribution in [1.29, 1.82) is 0 Å². The molecule has 3 rings (SSSR count). The molecule has 0 fully saturated rings. The highest BCUT2D eigenvalue weighted by Crippen LogP contribution is 2.29. The van der Waals surface area contributed by atoms with Crippen LogP contribution in [0.4, 0.5) is 0 Å². The number of carbonyl (C=O) groups is 1. The van der Waals surface area contributed by atoms with Crippen molar-refractivity contribution in [3.05, 3.63) is 69.2 Å². The van der Waals surface area contributed by atoms with Crippen LogP contribution in [0, 0.1) is 0 Å². The van der Waals surface area contributed by atoms with Gasteiger partial charge < -0.3 is 5.32 Å². The molecule has 0 bridgehead atoms. The van der Waals surface area contributed by atoms with Crippen LogP contribution in [0.15, 0.2) is 42.5 Å². The molecule has 0 spiro atoms. The summed E-state index contributed by atoms with van der Waals surface area (Å²) in [5, 5.41) is 4.45. The first-order chi connectivity index (χ1) is 11.6. The summed E-state index contributed by atoms with van der Waals surface area (Å²) in [6.45, 7) is 0. The van der Waals surface area contributed by atoms with Gasteiger partial charge in [-0.2, -0.15) is 0 Å². The van der Waals surface area contributed by atoms with Crippen molar-refractivity contribution in [3.63, 3.8) is 0 Å². The monoisotopic (exact) mass is 379 g/mol. The molecule has 1 amide bonds. The topological polar surface area (TPSA) is 29.1 Å². The molecule has 5 heteroatoms. The van der Waals surface area contributed by atoms with Gasteiger partial charge in [0.1, 0.15) is 0 Å². The van der Waals surface area contributed by atoms with Gasteiger partial charge in [-0.15, -0.1) is 11.8 Å². The van der Waals surface area contributed by atoms with Gasteiger partial charge in [0.25, 0.3) is 0 Å². The van der Waals surface area contributed by atoms with Gasteiger partial charge in [0.2, 0.25) is 5.91 Å². The van der Waals surface area contributed by atoms with Crippen molar-refractivity contribution >= 4 is 40.9 Å². The molecule has 2 aromatic carbocycles. The highest BCUT2D eigenvalue weighted by molar-refractivity contribution is 7.99. The van der Waals surface area contributed by atoms with Crippen molar-refractivity contribution < 1.29 is 4.79 Å². The molecule has 0 radical (unpaired) electrons. The third-order valence-electron chi connectivity index (χ3n) is 4.21. The number of fused-ring (bicyclic) bond motifs is 1. The van der Waals surface area contributed by atoms with E-state index in [2.05, 4.69) is 23.5 Å². The molecule has 0 aliphatic heterocycles. The second-order valence-corrected chi connectivity index (χ2v) is 7.77. The number of hydrogen-bond donors (Lipinski definition) is 1. The minimum Gasteiger partial charge on any atom is -0.349 e. The Kier molecular flexibility index (Phi) is 6.09. The number of carbonyl (C=O) groups excluding carboxylic acids is 1. The Balaban J connectivity index is 1.52. The van der Waals surface area contributed by atoms with E-state index in [-0.39, 0.29) is 11.9 Å². The molecule has 2 nitrogen and oxygen atoms in total. The van der Waals surface area contributed by atoms with Gasteiger partial charge >= 0.3 is 0 Å². The first kappa shape index (κ1) is 17.7. The van der Waals surface area contributed by atoms with Crippen LogP contribution in [0.5, 0.6) is 0 Å². The summed E-state index contributed by atoms with van der Waals surface area (Å²) >= 11 is 13.6. The van der Waals surface area contributed by atoms with Crippen LogP contribution in [0.25, 0.3) is 0 Å². The van der Waals surface area contributed by atoms with Crippen molar-refractivity contribution in [2.24, 2.45) is 0 Å². The zero-order valence-electron chi connectivity index (χ0n) is 13.2. The Bertz CT molecular complexity index is 735. The number of amides is 1. The summed E-state index contributed by atoms with van der Waals surface area (Å²) in [4.78, 5) is 12.3. The highest BCUT2D eigenvalue weighted by atomic mass is 35.5. The van der Waals surface area contributed by atoms with E-state index in [1.54, 1.807) is 17.8 Å². The minimum absolute atomic E-state index is 0.0757. The third kappa shape index (κ3) is 4.47. The van der Waals surface area contributed by atoms with Crippen molar-refractivity contribution in [2.75, 3.05) is 5.75 Å². The second-order valence-electron chi connectivity index (χ2n) is 5.94. The van der Waals surface area contributed by atoms with Gasteiger partial charge in [0.05, 0.1) is 11.8 Å². The number of aryl methyl sites for hydroxylation is 1. The number of halogens is 2. The smallest absolute Gasteiger partial charge is 0.230 e. The quantitative estimate of drug-likeness (QED) is 0.750. The van der Waals surface area contributed by atoms with E-state index >= 15 is 0 Å². The molecule has 0 aromatic heterocycles. The zero-order chi connectivity index (χ0) is 16.9. The average molecular weight is 380 g/mol. The molecule has 2 aromatic rings. The van der Waals surface area contributed by atoms with Gasteiger partial charge in [-0.05, 0) is 48.1 Å². The summed E-state index contributed by atoms with van der Waals surface area (Å²) < 4.78 is 0. The van der Waals surface area contributed by atoms with Gasteiger partial charge in [0.15, 0.2) is 0 Å². The Morgan fingerprint density at radius 3 is 2.88 bits per heavy atom. The second kappa shape index (κ2) is 8.28. The lowest BCUT2D eigenvalue weighted by Gasteiger charge is -2.26. The molecule has 0 unspecified atom stereocenters. The maximum Gasteiger partial charge on any atom is 0.230 e. The van der Waals surface area contributed by atoms with E-state index in [4.69, 9.17) is 23.2 Å². The molecule has 0 saturated heterocycles. The Labute approximate surface area is 156 Å². The van der Waals surface area contributed by atoms with Crippen LogP contribution >= 0.6 is 35.0 Å². The number of nitrogens with one attached hydrogen (secondary N) is 1. The van der Waals surface area contributed by atoms with E-state index in [0.29, 0.717) is 21.6 Å². The maximum atomic E-state index is 12.3. The van der Waals surface area contributed by atoms with Crippen molar-refractivity contribution in [1.82, 2.24) is 5.32 Å².